The van der Waals surface area contributed by atoms with Gasteiger partial charge >= 0.3 is 5.97 Å². The smallest absolute Gasteiger partial charge is 0.308 e. The van der Waals surface area contributed by atoms with Crippen LogP contribution in [0, 0.1) is 11.3 Å². The third kappa shape index (κ3) is 8.59. The fraction of sp³-hybridized carbons (Fsp3) is 0.571. The predicted molar refractivity (Wildman–Crippen MR) is 144 cm³/mol. The van der Waals surface area contributed by atoms with E-state index in [0.717, 1.165) is 35.6 Å². The number of esters is 1. The molecular weight excluding hydrogens is 450 g/mol. The molecule has 3 N–H and O–H groups in total. The maximum absolute atomic E-state index is 11.5. The van der Waals surface area contributed by atoms with Crippen molar-refractivity contribution in [2.75, 3.05) is 6.38 Å². The van der Waals surface area contributed by atoms with Gasteiger partial charge in [-0.1, -0.05) is 65.3 Å². The normalized spacial score (nSPS) is 17.6. The molecule has 0 heterocycles. The van der Waals surface area contributed by atoms with Crippen molar-refractivity contribution >= 4 is 35.1 Å². The lowest BCUT2D eigenvalue weighted by atomic mass is 9.80. The number of ether oxygens (including phenoxy) is 1. The van der Waals surface area contributed by atoms with E-state index in [1.165, 1.54) is 25.3 Å². The molecule has 0 saturated heterocycles. The Bertz CT molecular complexity index is 911. The number of phenols is 1. The molecule has 6 heteroatoms. The molecule has 0 fully saturated rings. The first-order valence-electron chi connectivity index (χ1n) is 11.9. The molecule has 1 aliphatic rings. The lowest BCUT2D eigenvalue weighted by molar-refractivity contribution is -0.132. The van der Waals surface area contributed by atoms with Gasteiger partial charge in [-0.3, -0.25) is 4.79 Å². The average Bonchev–Trinajstić information content (AvgIpc) is 2.93. The van der Waals surface area contributed by atoms with Gasteiger partial charge in [0.2, 0.25) is 0 Å². The summed E-state index contributed by atoms with van der Waals surface area (Å²) in [5, 5.41) is 12.5. The van der Waals surface area contributed by atoms with Gasteiger partial charge < -0.3 is 20.4 Å². The molecule has 2 aromatic carbocycles. The van der Waals surface area contributed by atoms with Crippen LogP contribution in [0.25, 0.3) is 10.8 Å². The Kier molecular flexibility index (Phi) is 14.1. The topological polar surface area (TPSA) is 89.6 Å². The van der Waals surface area contributed by atoms with Crippen LogP contribution in [0.2, 0.25) is 0 Å². The predicted octanol–water partition coefficient (Wildman–Crippen LogP) is 6.99. The van der Waals surface area contributed by atoms with Crippen molar-refractivity contribution < 1.29 is 19.4 Å². The van der Waals surface area contributed by atoms with Crippen LogP contribution in [0.15, 0.2) is 24.3 Å². The third-order valence-electron chi connectivity index (χ3n) is 6.48. The summed E-state index contributed by atoms with van der Waals surface area (Å²) in [6.07, 6.45) is 5.57. The number of hydrogen-bond donors (Lipinski definition) is 2. The molecule has 5 nitrogen and oxygen atoms in total. The average molecular weight is 494 g/mol. The van der Waals surface area contributed by atoms with Gasteiger partial charge in [0.1, 0.15) is 6.79 Å². The maximum atomic E-state index is 11.5. The first-order chi connectivity index (χ1) is 16.0. The van der Waals surface area contributed by atoms with E-state index >= 15 is 0 Å². The van der Waals surface area contributed by atoms with Gasteiger partial charge in [-0.05, 0) is 54.4 Å². The number of alkyl halides is 1. The van der Waals surface area contributed by atoms with Crippen LogP contribution in [0.4, 0.5) is 0 Å². The number of nitrogens with two attached hydrogens (primary N) is 1. The van der Waals surface area contributed by atoms with Crippen molar-refractivity contribution in [2.45, 2.75) is 86.1 Å². The van der Waals surface area contributed by atoms with Gasteiger partial charge in [-0.15, -0.1) is 11.6 Å². The van der Waals surface area contributed by atoms with Crippen molar-refractivity contribution in [1.29, 1.82) is 0 Å². The van der Waals surface area contributed by atoms with E-state index in [9.17, 15) is 9.90 Å². The van der Waals surface area contributed by atoms with Crippen molar-refractivity contribution in [3.8, 4) is 11.5 Å². The summed E-state index contributed by atoms with van der Waals surface area (Å²) in [4.78, 5) is 19.5. The zero-order valence-corrected chi connectivity index (χ0v) is 23.0. The molecule has 192 valence electrons. The molecule has 0 spiro atoms. The number of fused-ring (bicyclic) bond motifs is 3. The molecule has 0 radical (unpaired) electrons. The van der Waals surface area contributed by atoms with Gasteiger partial charge in [0.15, 0.2) is 11.5 Å². The number of halogens is 1. The van der Waals surface area contributed by atoms with Crippen molar-refractivity contribution in [3.05, 3.63) is 35.4 Å². The van der Waals surface area contributed by atoms with E-state index in [-0.39, 0.29) is 11.2 Å². The standard InChI is InChI=1S/C20H24O3.C6H15N.CH3Cl.CH2O/c1-12-11-20(3,4)10-9-16-17(12)14-7-5-6-8-15(14)18(22)19(16)23-13(2)21;1-4-5(2)6(3)7;2*1-2/h5-8,12,22H,9-11H2,1-4H3;5-6H,4,7H2,1-3H3;1H3;1H2. The van der Waals surface area contributed by atoms with Crippen LogP contribution in [0.1, 0.15) is 84.8 Å². The Morgan fingerprint density at radius 3 is 2.21 bits per heavy atom. The number of carbonyl (C=O) groups is 2. The number of hydrogen-bond acceptors (Lipinski definition) is 5. The van der Waals surface area contributed by atoms with Crippen LogP contribution in [-0.2, 0) is 16.0 Å². The van der Waals surface area contributed by atoms with Crippen LogP contribution in [0.5, 0.6) is 11.5 Å². The van der Waals surface area contributed by atoms with Crippen molar-refractivity contribution in [1.82, 2.24) is 0 Å². The van der Waals surface area contributed by atoms with E-state index in [4.69, 9.17) is 15.3 Å². The Balaban J connectivity index is 0.000000844. The third-order valence-corrected chi connectivity index (χ3v) is 6.48. The second kappa shape index (κ2) is 15.0. The summed E-state index contributed by atoms with van der Waals surface area (Å²) in [5.41, 5.74) is 7.99. The van der Waals surface area contributed by atoms with Crippen LogP contribution >= 0.6 is 11.6 Å². The fourth-order valence-electron chi connectivity index (χ4n) is 4.41. The summed E-state index contributed by atoms with van der Waals surface area (Å²) in [7, 11) is 0. The molecule has 0 amide bonds. The minimum atomic E-state index is -0.394. The first kappa shape index (κ1) is 31.9. The fourth-order valence-corrected chi connectivity index (χ4v) is 4.41. The molecule has 3 unspecified atom stereocenters. The zero-order valence-electron chi connectivity index (χ0n) is 22.2. The Morgan fingerprint density at radius 1 is 1.24 bits per heavy atom. The highest BCUT2D eigenvalue weighted by molar-refractivity contribution is 6.15. The van der Waals surface area contributed by atoms with Crippen molar-refractivity contribution in [3.63, 3.8) is 0 Å². The minimum absolute atomic E-state index is 0.0847. The lowest BCUT2D eigenvalue weighted by Gasteiger charge is -2.25. The molecule has 0 aliphatic heterocycles. The largest absolute Gasteiger partial charge is 0.504 e. The van der Waals surface area contributed by atoms with Crippen molar-refractivity contribution in [2.24, 2.45) is 17.1 Å². The Morgan fingerprint density at radius 2 is 1.76 bits per heavy atom. The lowest BCUT2D eigenvalue weighted by Crippen LogP contribution is -2.23. The van der Waals surface area contributed by atoms with Gasteiger partial charge in [-0.25, -0.2) is 0 Å². The summed E-state index contributed by atoms with van der Waals surface area (Å²) in [6, 6.07) is 8.21. The molecule has 3 atom stereocenters. The highest BCUT2D eigenvalue weighted by atomic mass is 35.5. The van der Waals surface area contributed by atoms with E-state index in [1.54, 1.807) is 0 Å². The summed E-state index contributed by atoms with van der Waals surface area (Å²) in [6.45, 7) is 16.6. The first-order valence-corrected chi connectivity index (χ1v) is 12.6. The summed E-state index contributed by atoms with van der Waals surface area (Å²) >= 11 is 4.64. The Labute approximate surface area is 211 Å². The minimum Gasteiger partial charge on any atom is -0.504 e. The number of rotatable bonds is 3. The second-order valence-corrected chi connectivity index (χ2v) is 9.72. The van der Waals surface area contributed by atoms with Crippen LogP contribution in [-0.4, -0.2) is 30.3 Å². The molecule has 0 bridgehead atoms. The molecule has 2 aromatic rings. The van der Waals surface area contributed by atoms with E-state index in [1.807, 2.05) is 31.9 Å². The SMILES string of the molecule is C=O.CC(=O)Oc1c2c(c3ccccc3c1O)C(C)CC(C)(C)CC2.CCC(C)C(C)N.CCl. The van der Waals surface area contributed by atoms with E-state index < -0.39 is 5.97 Å². The van der Waals surface area contributed by atoms with Gasteiger partial charge in [-0.2, -0.15) is 0 Å². The number of benzene rings is 2. The number of carbonyl (C=O) groups excluding carboxylic acids is 2. The molecular formula is C28H44ClNO4. The number of aromatic hydroxyl groups is 1. The zero-order chi connectivity index (χ0) is 26.6. The summed E-state index contributed by atoms with van der Waals surface area (Å²) in [5.74, 6) is 1.08. The van der Waals surface area contributed by atoms with E-state index in [2.05, 4.69) is 52.3 Å². The maximum Gasteiger partial charge on any atom is 0.308 e. The molecule has 3 rings (SSSR count). The molecule has 1 aliphatic carbocycles. The quantitative estimate of drug-likeness (QED) is 0.208. The molecule has 34 heavy (non-hydrogen) atoms. The van der Waals surface area contributed by atoms with E-state index in [0.29, 0.717) is 23.6 Å². The van der Waals surface area contributed by atoms with Gasteiger partial charge in [0.25, 0.3) is 0 Å². The number of phenolic OH excluding ortho intramolecular Hbond substituents is 1. The monoisotopic (exact) mass is 493 g/mol. The highest BCUT2D eigenvalue weighted by Gasteiger charge is 2.32. The highest BCUT2D eigenvalue weighted by Crippen LogP contribution is 2.49. The molecule has 0 aromatic heterocycles. The van der Waals surface area contributed by atoms with Crippen LogP contribution < -0.4 is 10.5 Å². The van der Waals surface area contributed by atoms with Crippen LogP contribution in [0.3, 0.4) is 0 Å². The van der Waals surface area contributed by atoms with Gasteiger partial charge in [0, 0.05) is 30.3 Å². The summed E-state index contributed by atoms with van der Waals surface area (Å²) < 4.78 is 5.43. The Hall–Kier alpha value is -2.11. The van der Waals surface area contributed by atoms with Gasteiger partial charge in [0.05, 0.1) is 0 Å². The molecule has 0 saturated carbocycles. The second-order valence-electron chi connectivity index (χ2n) is 9.72.